The standard InChI is InChI=1S/C18H23N3O4/c22-16(23)11-15-17(24)20(12-13-5-4-6-13)9-10-21(15)18(25)19-14-7-2-1-3-8-14/h1-3,7-8,13,15H,4-6,9-12H2,(H,19,25)(H,22,23). The second-order valence-electron chi connectivity index (χ2n) is 6.68. The molecular formula is C18H23N3O4. The van der Waals surface area contributed by atoms with Crippen molar-refractivity contribution in [2.45, 2.75) is 31.7 Å². The van der Waals surface area contributed by atoms with Crippen LogP contribution in [0.15, 0.2) is 30.3 Å². The van der Waals surface area contributed by atoms with Gasteiger partial charge in [-0.2, -0.15) is 0 Å². The number of benzene rings is 1. The summed E-state index contributed by atoms with van der Waals surface area (Å²) in [6.07, 6.45) is 3.05. The summed E-state index contributed by atoms with van der Waals surface area (Å²) < 4.78 is 0. The van der Waals surface area contributed by atoms with Gasteiger partial charge in [0.15, 0.2) is 0 Å². The number of piperazine rings is 1. The zero-order valence-electron chi connectivity index (χ0n) is 14.1. The van der Waals surface area contributed by atoms with Crippen molar-refractivity contribution in [3.8, 4) is 0 Å². The number of carboxylic acid groups (broad SMARTS) is 1. The van der Waals surface area contributed by atoms with Crippen LogP contribution in [0.1, 0.15) is 25.7 Å². The number of nitrogens with zero attached hydrogens (tertiary/aromatic N) is 2. The van der Waals surface area contributed by atoms with Crippen LogP contribution >= 0.6 is 0 Å². The maximum atomic E-state index is 12.7. The lowest BCUT2D eigenvalue weighted by atomic mass is 9.85. The number of carbonyl (C=O) groups is 3. The molecule has 134 valence electrons. The first-order valence-corrected chi connectivity index (χ1v) is 8.68. The van der Waals surface area contributed by atoms with Gasteiger partial charge < -0.3 is 20.2 Å². The maximum Gasteiger partial charge on any atom is 0.322 e. The number of carboxylic acids is 1. The van der Waals surface area contributed by atoms with E-state index in [1.54, 1.807) is 29.2 Å². The van der Waals surface area contributed by atoms with Gasteiger partial charge in [0.1, 0.15) is 6.04 Å². The van der Waals surface area contributed by atoms with E-state index in [-0.39, 0.29) is 12.3 Å². The fraction of sp³-hybridized carbons (Fsp3) is 0.500. The number of urea groups is 1. The third kappa shape index (κ3) is 4.10. The Morgan fingerprint density at radius 1 is 1.16 bits per heavy atom. The number of para-hydroxylation sites is 1. The van der Waals surface area contributed by atoms with Gasteiger partial charge in [-0.15, -0.1) is 0 Å². The second-order valence-corrected chi connectivity index (χ2v) is 6.68. The molecule has 25 heavy (non-hydrogen) atoms. The van der Waals surface area contributed by atoms with Gasteiger partial charge in [0.25, 0.3) is 0 Å². The lowest BCUT2D eigenvalue weighted by Crippen LogP contribution is -2.60. The van der Waals surface area contributed by atoms with Crippen molar-refractivity contribution in [1.29, 1.82) is 0 Å². The monoisotopic (exact) mass is 345 g/mol. The summed E-state index contributed by atoms with van der Waals surface area (Å²) >= 11 is 0. The van der Waals surface area contributed by atoms with Gasteiger partial charge in [-0.05, 0) is 30.9 Å². The molecule has 3 rings (SSSR count). The van der Waals surface area contributed by atoms with Crippen LogP contribution in [0, 0.1) is 5.92 Å². The largest absolute Gasteiger partial charge is 0.481 e. The minimum atomic E-state index is -1.08. The molecule has 0 spiro atoms. The summed E-state index contributed by atoms with van der Waals surface area (Å²) in [6, 6.07) is 7.55. The van der Waals surface area contributed by atoms with Crippen LogP contribution in [-0.4, -0.2) is 58.5 Å². The minimum absolute atomic E-state index is 0.260. The molecule has 2 aliphatic rings. The number of amides is 3. The Morgan fingerprint density at radius 2 is 1.88 bits per heavy atom. The Hall–Kier alpha value is -2.57. The summed E-state index contributed by atoms with van der Waals surface area (Å²) in [5.41, 5.74) is 0.617. The van der Waals surface area contributed by atoms with Crippen LogP contribution in [0.4, 0.5) is 10.5 Å². The Labute approximate surface area is 146 Å². The molecule has 1 aliphatic carbocycles. The van der Waals surface area contributed by atoms with E-state index in [0.717, 1.165) is 12.8 Å². The highest BCUT2D eigenvalue weighted by Crippen LogP contribution is 2.28. The van der Waals surface area contributed by atoms with Crippen LogP contribution in [0.5, 0.6) is 0 Å². The Bertz CT molecular complexity index is 645. The minimum Gasteiger partial charge on any atom is -0.481 e. The summed E-state index contributed by atoms with van der Waals surface area (Å²) in [4.78, 5) is 39.6. The smallest absolute Gasteiger partial charge is 0.322 e. The third-order valence-corrected chi connectivity index (χ3v) is 4.94. The fourth-order valence-corrected chi connectivity index (χ4v) is 3.33. The maximum absolute atomic E-state index is 12.7. The van der Waals surface area contributed by atoms with Gasteiger partial charge in [0.2, 0.25) is 5.91 Å². The van der Waals surface area contributed by atoms with E-state index in [1.807, 2.05) is 6.07 Å². The molecule has 7 nitrogen and oxygen atoms in total. The molecule has 1 aliphatic heterocycles. The summed E-state index contributed by atoms with van der Waals surface area (Å²) in [7, 11) is 0. The van der Waals surface area contributed by atoms with Gasteiger partial charge in [-0.25, -0.2) is 4.79 Å². The van der Waals surface area contributed by atoms with Crippen molar-refractivity contribution in [2.24, 2.45) is 5.92 Å². The first kappa shape index (κ1) is 17.3. The summed E-state index contributed by atoms with van der Waals surface area (Å²) in [5, 5.41) is 11.9. The summed E-state index contributed by atoms with van der Waals surface area (Å²) in [6.45, 7) is 1.46. The molecule has 0 bridgehead atoms. The topological polar surface area (TPSA) is 90.0 Å². The number of nitrogens with one attached hydrogen (secondary N) is 1. The SMILES string of the molecule is O=C(O)CC1C(=O)N(CC2CCC2)CCN1C(=O)Nc1ccccc1. The van der Waals surface area contributed by atoms with E-state index >= 15 is 0 Å². The fourth-order valence-electron chi connectivity index (χ4n) is 3.33. The molecule has 1 aromatic rings. The zero-order chi connectivity index (χ0) is 17.8. The molecule has 7 heteroatoms. The van der Waals surface area contributed by atoms with Crippen molar-refractivity contribution in [1.82, 2.24) is 9.80 Å². The average Bonchev–Trinajstić information content (AvgIpc) is 2.54. The van der Waals surface area contributed by atoms with Crippen molar-refractivity contribution in [2.75, 3.05) is 25.0 Å². The van der Waals surface area contributed by atoms with Crippen LogP contribution in [0.3, 0.4) is 0 Å². The van der Waals surface area contributed by atoms with Gasteiger partial charge in [0, 0.05) is 25.3 Å². The van der Waals surface area contributed by atoms with E-state index in [0.29, 0.717) is 31.2 Å². The Balaban J connectivity index is 1.69. The average molecular weight is 345 g/mol. The van der Waals surface area contributed by atoms with E-state index < -0.39 is 18.0 Å². The zero-order valence-corrected chi connectivity index (χ0v) is 14.1. The predicted molar refractivity (Wildman–Crippen MR) is 92.1 cm³/mol. The molecule has 1 saturated carbocycles. The second kappa shape index (κ2) is 7.55. The third-order valence-electron chi connectivity index (χ3n) is 4.94. The molecule has 2 fully saturated rings. The molecule has 0 aromatic heterocycles. The van der Waals surface area contributed by atoms with Crippen molar-refractivity contribution < 1.29 is 19.5 Å². The highest BCUT2D eigenvalue weighted by molar-refractivity contribution is 5.96. The van der Waals surface area contributed by atoms with Crippen LogP contribution < -0.4 is 5.32 Å². The molecule has 3 amide bonds. The van der Waals surface area contributed by atoms with E-state index in [9.17, 15) is 14.4 Å². The molecule has 2 N–H and O–H groups in total. The Kier molecular flexibility index (Phi) is 5.21. The number of rotatable bonds is 5. The molecule has 1 heterocycles. The van der Waals surface area contributed by atoms with Crippen molar-refractivity contribution >= 4 is 23.6 Å². The normalized spacial score (nSPS) is 21.0. The van der Waals surface area contributed by atoms with Gasteiger partial charge in [-0.1, -0.05) is 24.6 Å². The van der Waals surface area contributed by atoms with Crippen molar-refractivity contribution in [3.63, 3.8) is 0 Å². The van der Waals surface area contributed by atoms with Gasteiger partial charge >= 0.3 is 12.0 Å². The highest BCUT2D eigenvalue weighted by Gasteiger charge is 2.39. The number of carbonyl (C=O) groups excluding carboxylic acids is 2. The molecule has 1 aromatic carbocycles. The van der Waals surface area contributed by atoms with Crippen molar-refractivity contribution in [3.05, 3.63) is 30.3 Å². The van der Waals surface area contributed by atoms with E-state index in [1.165, 1.54) is 11.3 Å². The van der Waals surface area contributed by atoms with E-state index in [2.05, 4.69) is 5.32 Å². The van der Waals surface area contributed by atoms with E-state index in [4.69, 9.17) is 5.11 Å². The van der Waals surface area contributed by atoms with Gasteiger partial charge in [0.05, 0.1) is 6.42 Å². The van der Waals surface area contributed by atoms with Crippen LogP contribution in [0.25, 0.3) is 0 Å². The predicted octanol–water partition coefficient (Wildman–Crippen LogP) is 2.01. The summed E-state index contributed by atoms with van der Waals surface area (Å²) in [5.74, 6) is -0.829. The molecule has 1 atom stereocenters. The molecule has 1 unspecified atom stereocenters. The van der Waals surface area contributed by atoms with Gasteiger partial charge in [-0.3, -0.25) is 9.59 Å². The highest BCUT2D eigenvalue weighted by atomic mass is 16.4. The number of hydrogen-bond acceptors (Lipinski definition) is 3. The van der Waals surface area contributed by atoms with Crippen LogP contribution in [0.2, 0.25) is 0 Å². The number of anilines is 1. The quantitative estimate of drug-likeness (QED) is 0.854. The first-order chi connectivity index (χ1) is 12.0. The lowest BCUT2D eigenvalue weighted by Gasteiger charge is -2.42. The lowest BCUT2D eigenvalue weighted by molar-refractivity contribution is -0.148. The molecular weight excluding hydrogens is 322 g/mol. The number of aliphatic carboxylic acids is 1. The molecule has 1 saturated heterocycles. The number of hydrogen-bond donors (Lipinski definition) is 2. The first-order valence-electron chi connectivity index (χ1n) is 8.68. The molecule has 0 radical (unpaired) electrons. The van der Waals surface area contributed by atoms with Crippen LogP contribution in [-0.2, 0) is 9.59 Å². The Morgan fingerprint density at radius 3 is 2.48 bits per heavy atom.